The first-order chi connectivity index (χ1) is 12.9. The third-order valence-electron chi connectivity index (χ3n) is 3.68. The summed E-state index contributed by atoms with van der Waals surface area (Å²) in [6, 6.07) is 17.2. The van der Waals surface area contributed by atoms with Gasteiger partial charge in [-0.05, 0) is 55.0 Å². The van der Waals surface area contributed by atoms with Crippen LogP contribution < -0.4 is 4.74 Å². The number of rotatable bonds is 4. The number of hydrogen-bond donors (Lipinski definition) is 0. The van der Waals surface area contributed by atoms with Gasteiger partial charge in [0.25, 0.3) is 0 Å². The minimum Gasteiger partial charge on any atom is -0.423 e. The lowest BCUT2D eigenvalue weighted by atomic mass is 10.1. The number of halogens is 3. The normalized spacial score (nSPS) is 11.0. The highest BCUT2D eigenvalue weighted by molar-refractivity contribution is 6.43. The van der Waals surface area contributed by atoms with Crippen molar-refractivity contribution in [3.8, 4) is 5.75 Å². The largest absolute Gasteiger partial charge is 0.423 e. The lowest BCUT2D eigenvalue weighted by molar-refractivity contribution is 0.0735. The van der Waals surface area contributed by atoms with Gasteiger partial charge >= 0.3 is 5.97 Å². The van der Waals surface area contributed by atoms with Gasteiger partial charge in [0, 0.05) is 11.2 Å². The molecule has 0 bridgehead atoms. The Morgan fingerprint density at radius 1 is 1.00 bits per heavy atom. The van der Waals surface area contributed by atoms with Gasteiger partial charge in [0.2, 0.25) is 0 Å². The first-order valence-electron chi connectivity index (χ1n) is 8.00. The van der Waals surface area contributed by atoms with Crippen LogP contribution in [0.3, 0.4) is 0 Å². The summed E-state index contributed by atoms with van der Waals surface area (Å²) in [5.41, 5.74) is 2.71. The molecule has 136 valence electrons. The SMILES string of the molecule is Cc1ccc(C(=O)Oc2cc(Cl)cc(C=Nc3cccc(Cl)c3Cl)c2)cc1. The highest BCUT2D eigenvalue weighted by atomic mass is 35.5. The summed E-state index contributed by atoms with van der Waals surface area (Å²) in [4.78, 5) is 16.6. The van der Waals surface area contributed by atoms with Gasteiger partial charge in [-0.1, -0.05) is 58.6 Å². The first-order valence-corrected chi connectivity index (χ1v) is 9.13. The molecule has 0 N–H and O–H groups in total. The predicted octanol–water partition coefficient (Wildman–Crippen LogP) is 6.93. The van der Waals surface area contributed by atoms with E-state index in [1.807, 2.05) is 19.1 Å². The number of nitrogens with zero attached hydrogens (tertiary/aromatic N) is 1. The molecule has 0 unspecified atom stereocenters. The molecule has 0 amide bonds. The van der Waals surface area contributed by atoms with Gasteiger partial charge in [-0.25, -0.2) is 4.79 Å². The molecular formula is C21H14Cl3NO2. The van der Waals surface area contributed by atoms with E-state index in [0.717, 1.165) is 5.56 Å². The lowest BCUT2D eigenvalue weighted by Gasteiger charge is -2.06. The fourth-order valence-electron chi connectivity index (χ4n) is 2.31. The van der Waals surface area contributed by atoms with Crippen molar-refractivity contribution in [3.05, 3.63) is 92.4 Å². The summed E-state index contributed by atoms with van der Waals surface area (Å²) in [6.45, 7) is 1.95. The van der Waals surface area contributed by atoms with Crippen molar-refractivity contribution in [2.24, 2.45) is 4.99 Å². The highest BCUT2D eigenvalue weighted by Crippen LogP contribution is 2.31. The molecule has 0 atom stereocenters. The van der Waals surface area contributed by atoms with Crippen molar-refractivity contribution in [1.29, 1.82) is 0 Å². The van der Waals surface area contributed by atoms with E-state index in [-0.39, 0.29) is 0 Å². The quantitative estimate of drug-likeness (QED) is 0.262. The van der Waals surface area contributed by atoms with E-state index in [2.05, 4.69) is 4.99 Å². The summed E-state index contributed by atoms with van der Waals surface area (Å²) in [6.07, 6.45) is 1.58. The summed E-state index contributed by atoms with van der Waals surface area (Å²) < 4.78 is 5.42. The summed E-state index contributed by atoms with van der Waals surface area (Å²) >= 11 is 18.3. The maximum Gasteiger partial charge on any atom is 0.343 e. The van der Waals surface area contributed by atoms with Gasteiger partial charge in [-0.2, -0.15) is 0 Å². The number of ether oxygens (including phenoxy) is 1. The molecule has 0 saturated carbocycles. The Balaban J connectivity index is 1.81. The van der Waals surface area contributed by atoms with Crippen LogP contribution in [0.5, 0.6) is 5.75 Å². The second-order valence-corrected chi connectivity index (χ2v) is 7.03. The molecule has 3 aromatic carbocycles. The number of aliphatic imine (C=N–C) groups is 1. The fourth-order valence-corrected chi connectivity index (χ4v) is 2.89. The molecule has 0 aliphatic rings. The third-order valence-corrected chi connectivity index (χ3v) is 4.70. The standard InChI is InChI=1S/C21H14Cl3NO2/c1-13-5-7-15(8-6-13)21(26)27-17-10-14(9-16(22)11-17)12-25-19-4-2-3-18(23)20(19)24/h2-12H,1H3. The fraction of sp³-hybridized carbons (Fsp3) is 0.0476. The van der Waals surface area contributed by atoms with E-state index in [0.29, 0.717) is 37.6 Å². The highest BCUT2D eigenvalue weighted by Gasteiger charge is 2.10. The zero-order valence-corrected chi connectivity index (χ0v) is 16.5. The number of hydrogen-bond acceptors (Lipinski definition) is 3. The zero-order chi connectivity index (χ0) is 19.4. The molecule has 3 aromatic rings. The smallest absolute Gasteiger partial charge is 0.343 e. The van der Waals surface area contributed by atoms with E-state index < -0.39 is 5.97 Å². The maximum atomic E-state index is 12.3. The molecule has 3 rings (SSSR count). The molecular weight excluding hydrogens is 405 g/mol. The number of carbonyl (C=O) groups excluding carboxylic acids is 1. The van der Waals surface area contributed by atoms with E-state index in [1.54, 1.807) is 54.7 Å². The number of esters is 1. The van der Waals surface area contributed by atoms with Crippen LogP contribution in [-0.2, 0) is 0 Å². The Labute approximate surface area is 172 Å². The van der Waals surface area contributed by atoms with Crippen molar-refractivity contribution in [3.63, 3.8) is 0 Å². The Morgan fingerprint density at radius 3 is 2.48 bits per heavy atom. The third kappa shape index (κ3) is 5.10. The number of aryl methyl sites for hydroxylation is 1. The second-order valence-electron chi connectivity index (χ2n) is 5.81. The molecule has 0 saturated heterocycles. The Bertz CT molecular complexity index is 1010. The predicted molar refractivity (Wildman–Crippen MR) is 111 cm³/mol. The van der Waals surface area contributed by atoms with E-state index in [9.17, 15) is 4.79 Å². The van der Waals surface area contributed by atoms with Crippen molar-refractivity contribution < 1.29 is 9.53 Å². The summed E-state index contributed by atoms with van der Waals surface area (Å²) in [5.74, 6) is -0.134. The van der Waals surface area contributed by atoms with Crippen molar-refractivity contribution in [2.75, 3.05) is 0 Å². The van der Waals surface area contributed by atoms with Crippen LogP contribution in [0.25, 0.3) is 0 Å². The van der Waals surface area contributed by atoms with E-state index in [1.165, 1.54) is 0 Å². The molecule has 0 heterocycles. The van der Waals surface area contributed by atoms with Crippen LogP contribution in [0.2, 0.25) is 15.1 Å². The maximum absolute atomic E-state index is 12.3. The average Bonchev–Trinajstić information content (AvgIpc) is 2.63. The van der Waals surface area contributed by atoms with Crippen LogP contribution in [0.15, 0.2) is 65.7 Å². The van der Waals surface area contributed by atoms with Gasteiger partial charge in [0.1, 0.15) is 5.75 Å². The molecule has 6 heteroatoms. The van der Waals surface area contributed by atoms with Crippen molar-refractivity contribution in [1.82, 2.24) is 0 Å². The van der Waals surface area contributed by atoms with Gasteiger partial charge in [-0.3, -0.25) is 4.99 Å². The molecule has 0 aromatic heterocycles. The monoisotopic (exact) mass is 417 g/mol. The number of carbonyl (C=O) groups is 1. The average molecular weight is 419 g/mol. The topological polar surface area (TPSA) is 38.7 Å². The van der Waals surface area contributed by atoms with Crippen molar-refractivity contribution in [2.45, 2.75) is 6.92 Å². The summed E-state index contributed by atoms with van der Waals surface area (Å²) in [5, 5.41) is 1.21. The molecule has 0 spiro atoms. The molecule has 0 fully saturated rings. The minimum atomic E-state index is -0.460. The van der Waals surface area contributed by atoms with Crippen LogP contribution in [0.1, 0.15) is 21.5 Å². The lowest BCUT2D eigenvalue weighted by Crippen LogP contribution is -2.08. The van der Waals surface area contributed by atoms with Gasteiger partial charge < -0.3 is 4.74 Å². The molecule has 0 aliphatic carbocycles. The minimum absolute atomic E-state index is 0.326. The Morgan fingerprint density at radius 2 is 1.74 bits per heavy atom. The second kappa shape index (κ2) is 8.57. The van der Waals surface area contributed by atoms with E-state index >= 15 is 0 Å². The van der Waals surface area contributed by atoms with Crippen molar-refractivity contribution >= 4 is 52.7 Å². The zero-order valence-electron chi connectivity index (χ0n) is 14.2. The Hall–Kier alpha value is -2.33. The molecule has 3 nitrogen and oxygen atoms in total. The molecule has 0 radical (unpaired) electrons. The van der Waals surface area contributed by atoms with Gasteiger partial charge in [0.05, 0.1) is 21.3 Å². The van der Waals surface area contributed by atoms with Crippen LogP contribution in [0.4, 0.5) is 5.69 Å². The van der Waals surface area contributed by atoms with Crippen LogP contribution >= 0.6 is 34.8 Å². The van der Waals surface area contributed by atoms with Gasteiger partial charge in [0.15, 0.2) is 0 Å². The Kier molecular flexibility index (Phi) is 6.17. The molecule has 27 heavy (non-hydrogen) atoms. The summed E-state index contributed by atoms with van der Waals surface area (Å²) in [7, 11) is 0. The van der Waals surface area contributed by atoms with E-state index in [4.69, 9.17) is 39.5 Å². The number of benzene rings is 3. The van der Waals surface area contributed by atoms with Gasteiger partial charge in [-0.15, -0.1) is 0 Å². The molecule has 0 aliphatic heterocycles. The van der Waals surface area contributed by atoms with Crippen LogP contribution in [-0.4, -0.2) is 12.2 Å². The van der Waals surface area contributed by atoms with Crippen LogP contribution in [0, 0.1) is 6.92 Å². The first kappa shape index (κ1) is 19.4.